The van der Waals surface area contributed by atoms with E-state index in [0.717, 1.165) is 5.69 Å². The van der Waals surface area contributed by atoms with Gasteiger partial charge in [-0.25, -0.2) is 4.98 Å². The van der Waals surface area contributed by atoms with E-state index in [0.29, 0.717) is 15.9 Å². The van der Waals surface area contributed by atoms with E-state index in [4.69, 9.17) is 0 Å². The van der Waals surface area contributed by atoms with Gasteiger partial charge < -0.3 is 5.32 Å². The molecule has 2 aromatic rings. The molecule has 5 nitrogen and oxygen atoms in total. The summed E-state index contributed by atoms with van der Waals surface area (Å²) in [7, 11) is 1.81. The fourth-order valence-electron chi connectivity index (χ4n) is 1.46. The molecule has 17 heavy (non-hydrogen) atoms. The van der Waals surface area contributed by atoms with Gasteiger partial charge in [-0.2, -0.15) is 5.10 Å². The molecule has 0 bridgehead atoms. The maximum Gasteiger partial charge on any atom is 0.255 e. The van der Waals surface area contributed by atoms with E-state index < -0.39 is 0 Å². The third-order valence-electron chi connectivity index (χ3n) is 2.25. The molecule has 2 aromatic heterocycles. The van der Waals surface area contributed by atoms with Crippen LogP contribution in [0.25, 0.3) is 0 Å². The van der Waals surface area contributed by atoms with Crippen LogP contribution in [0, 0.1) is 6.92 Å². The van der Waals surface area contributed by atoms with Gasteiger partial charge >= 0.3 is 0 Å². The van der Waals surface area contributed by atoms with E-state index in [1.54, 1.807) is 29.2 Å². The molecule has 0 unspecified atom stereocenters. The number of carbonyl (C=O) groups is 1. The SMILES string of the molecule is Cc1nn(C)cc1NC(=O)c1ccnc(Br)c1. The zero-order valence-corrected chi connectivity index (χ0v) is 11.0. The molecular weight excluding hydrogens is 284 g/mol. The van der Waals surface area contributed by atoms with Crippen LogP contribution in [0.5, 0.6) is 0 Å². The number of anilines is 1. The molecule has 0 aliphatic rings. The fourth-order valence-corrected chi connectivity index (χ4v) is 1.83. The van der Waals surface area contributed by atoms with Gasteiger partial charge in [-0.05, 0) is 35.0 Å². The predicted molar refractivity (Wildman–Crippen MR) is 67.8 cm³/mol. The lowest BCUT2D eigenvalue weighted by molar-refractivity contribution is 0.102. The number of aromatic nitrogens is 3. The average Bonchev–Trinajstić information content (AvgIpc) is 2.57. The number of aryl methyl sites for hydroxylation is 2. The van der Waals surface area contributed by atoms with Crippen molar-refractivity contribution in [1.82, 2.24) is 14.8 Å². The van der Waals surface area contributed by atoms with Crippen molar-refractivity contribution in [2.75, 3.05) is 5.32 Å². The molecule has 6 heteroatoms. The first kappa shape index (κ1) is 11.8. The summed E-state index contributed by atoms with van der Waals surface area (Å²) in [5, 5.41) is 6.96. The minimum absolute atomic E-state index is 0.177. The lowest BCUT2D eigenvalue weighted by Gasteiger charge is -2.03. The van der Waals surface area contributed by atoms with Crippen molar-refractivity contribution in [1.29, 1.82) is 0 Å². The van der Waals surface area contributed by atoms with Gasteiger partial charge in [0, 0.05) is 25.0 Å². The Morgan fingerprint density at radius 1 is 1.53 bits per heavy atom. The number of carbonyl (C=O) groups excluding carboxylic acids is 1. The minimum Gasteiger partial charge on any atom is -0.319 e. The lowest BCUT2D eigenvalue weighted by Crippen LogP contribution is -2.12. The van der Waals surface area contributed by atoms with Gasteiger partial charge in [0.15, 0.2) is 0 Å². The van der Waals surface area contributed by atoms with Crippen molar-refractivity contribution in [2.24, 2.45) is 7.05 Å². The van der Waals surface area contributed by atoms with Gasteiger partial charge in [0.2, 0.25) is 0 Å². The van der Waals surface area contributed by atoms with Crippen LogP contribution in [0.2, 0.25) is 0 Å². The molecule has 0 aromatic carbocycles. The maximum absolute atomic E-state index is 11.9. The zero-order chi connectivity index (χ0) is 12.4. The second kappa shape index (κ2) is 4.67. The lowest BCUT2D eigenvalue weighted by atomic mass is 10.2. The smallest absolute Gasteiger partial charge is 0.255 e. The second-order valence-electron chi connectivity index (χ2n) is 3.62. The summed E-state index contributed by atoms with van der Waals surface area (Å²) in [5.41, 5.74) is 2.05. The Morgan fingerprint density at radius 3 is 2.88 bits per heavy atom. The maximum atomic E-state index is 11.9. The standard InChI is InChI=1S/C11H11BrN4O/c1-7-9(6-16(2)15-7)14-11(17)8-3-4-13-10(12)5-8/h3-6H,1-2H3,(H,14,17). The number of pyridine rings is 1. The molecule has 0 fully saturated rings. The molecule has 0 saturated heterocycles. The Kier molecular flexibility index (Phi) is 3.23. The third-order valence-corrected chi connectivity index (χ3v) is 2.68. The first-order valence-electron chi connectivity index (χ1n) is 4.99. The molecule has 0 atom stereocenters. The Hall–Kier alpha value is -1.69. The Bertz CT molecular complexity index is 564. The molecule has 88 valence electrons. The van der Waals surface area contributed by atoms with E-state index in [1.165, 1.54) is 0 Å². The molecule has 2 heterocycles. The van der Waals surface area contributed by atoms with E-state index in [2.05, 4.69) is 31.3 Å². The molecule has 0 radical (unpaired) electrons. The minimum atomic E-state index is -0.177. The summed E-state index contributed by atoms with van der Waals surface area (Å²) in [6.07, 6.45) is 3.35. The summed E-state index contributed by atoms with van der Waals surface area (Å²) in [6, 6.07) is 3.33. The second-order valence-corrected chi connectivity index (χ2v) is 4.44. The van der Waals surface area contributed by atoms with Crippen molar-refractivity contribution in [3.05, 3.63) is 40.4 Å². The van der Waals surface area contributed by atoms with Crippen molar-refractivity contribution >= 4 is 27.5 Å². The summed E-state index contributed by atoms with van der Waals surface area (Å²) in [4.78, 5) is 15.9. The Labute approximate surface area is 107 Å². The zero-order valence-electron chi connectivity index (χ0n) is 9.44. The van der Waals surface area contributed by atoms with Crippen LogP contribution in [0.1, 0.15) is 16.1 Å². The van der Waals surface area contributed by atoms with E-state index in [-0.39, 0.29) is 5.91 Å². The molecule has 0 saturated carbocycles. The van der Waals surface area contributed by atoms with Crippen LogP contribution >= 0.6 is 15.9 Å². The molecule has 0 aliphatic heterocycles. The molecule has 0 spiro atoms. The summed E-state index contributed by atoms with van der Waals surface area (Å²) in [5.74, 6) is -0.177. The number of hydrogen-bond acceptors (Lipinski definition) is 3. The van der Waals surface area contributed by atoms with Crippen LogP contribution in [0.4, 0.5) is 5.69 Å². The Balaban J connectivity index is 2.20. The highest BCUT2D eigenvalue weighted by atomic mass is 79.9. The highest BCUT2D eigenvalue weighted by Gasteiger charge is 2.10. The van der Waals surface area contributed by atoms with Gasteiger partial charge in [-0.1, -0.05) is 0 Å². The highest BCUT2D eigenvalue weighted by Crippen LogP contribution is 2.14. The van der Waals surface area contributed by atoms with Gasteiger partial charge in [-0.15, -0.1) is 0 Å². The first-order chi connectivity index (χ1) is 8.06. The van der Waals surface area contributed by atoms with Crippen molar-refractivity contribution in [3.8, 4) is 0 Å². The summed E-state index contributed by atoms with van der Waals surface area (Å²) < 4.78 is 2.29. The molecule has 2 rings (SSSR count). The fraction of sp³-hybridized carbons (Fsp3) is 0.182. The third kappa shape index (κ3) is 2.71. The van der Waals surface area contributed by atoms with E-state index in [1.807, 2.05) is 14.0 Å². The number of hydrogen-bond donors (Lipinski definition) is 1. The summed E-state index contributed by atoms with van der Waals surface area (Å²) in [6.45, 7) is 1.85. The first-order valence-corrected chi connectivity index (χ1v) is 5.78. The van der Waals surface area contributed by atoms with Crippen LogP contribution in [-0.4, -0.2) is 20.7 Å². The highest BCUT2D eigenvalue weighted by molar-refractivity contribution is 9.10. The molecular formula is C11H11BrN4O. The largest absolute Gasteiger partial charge is 0.319 e. The number of amides is 1. The average molecular weight is 295 g/mol. The van der Waals surface area contributed by atoms with Crippen molar-refractivity contribution < 1.29 is 4.79 Å². The van der Waals surface area contributed by atoms with Gasteiger partial charge in [0.25, 0.3) is 5.91 Å². The molecule has 0 aliphatic carbocycles. The van der Waals surface area contributed by atoms with E-state index >= 15 is 0 Å². The number of nitrogens with zero attached hydrogens (tertiary/aromatic N) is 3. The van der Waals surface area contributed by atoms with Gasteiger partial charge in [0.1, 0.15) is 4.60 Å². The van der Waals surface area contributed by atoms with Crippen molar-refractivity contribution in [2.45, 2.75) is 6.92 Å². The van der Waals surface area contributed by atoms with Crippen LogP contribution in [0.15, 0.2) is 29.1 Å². The number of rotatable bonds is 2. The van der Waals surface area contributed by atoms with E-state index in [9.17, 15) is 4.79 Å². The van der Waals surface area contributed by atoms with Gasteiger partial charge in [0.05, 0.1) is 11.4 Å². The molecule has 1 N–H and O–H groups in total. The topological polar surface area (TPSA) is 59.8 Å². The quantitative estimate of drug-likeness (QED) is 0.863. The van der Waals surface area contributed by atoms with Crippen LogP contribution in [0.3, 0.4) is 0 Å². The normalized spacial score (nSPS) is 10.3. The predicted octanol–water partition coefficient (Wildman–Crippen LogP) is 2.14. The van der Waals surface area contributed by atoms with Crippen LogP contribution in [-0.2, 0) is 7.05 Å². The van der Waals surface area contributed by atoms with Crippen LogP contribution < -0.4 is 5.32 Å². The van der Waals surface area contributed by atoms with Gasteiger partial charge in [-0.3, -0.25) is 9.48 Å². The van der Waals surface area contributed by atoms with Crippen molar-refractivity contribution in [3.63, 3.8) is 0 Å². The number of halogens is 1. The monoisotopic (exact) mass is 294 g/mol. The summed E-state index contributed by atoms with van der Waals surface area (Å²) >= 11 is 3.23. The molecule has 1 amide bonds. The Morgan fingerprint density at radius 2 is 2.29 bits per heavy atom. The number of nitrogens with one attached hydrogen (secondary N) is 1.